The van der Waals surface area contributed by atoms with Crippen LogP contribution in [0, 0.1) is 17.7 Å². The summed E-state index contributed by atoms with van der Waals surface area (Å²) < 4.78 is 12.7. The Balaban J connectivity index is 2.13. The quantitative estimate of drug-likeness (QED) is 0.688. The van der Waals surface area contributed by atoms with Gasteiger partial charge >= 0.3 is 0 Å². The summed E-state index contributed by atoms with van der Waals surface area (Å²) in [6, 6.07) is 6.87. The first-order valence-corrected chi connectivity index (χ1v) is 7.03. The molecule has 0 radical (unpaired) electrons. The third-order valence-corrected chi connectivity index (χ3v) is 3.21. The molecule has 0 aliphatic rings. The van der Waals surface area contributed by atoms with E-state index in [0.29, 0.717) is 0 Å². The molecule has 18 heavy (non-hydrogen) atoms. The molecule has 0 aliphatic carbocycles. The molecule has 0 saturated carbocycles. The molecule has 0 bridgehead atoms. The zero-order valence-electron chi connectivity index (χ0n) is 11.9. The molecule has 1 nitrogen and oxygen atoms in total. The first kappa shape index (κ1) is 15.2. The lowest BCUT2D eigenvalue weighted by molar-refractivity contribution is 0.454. The number of hydrogen-bond donors (Lipinski definition) is 1. The number of halogens is 1. The van der Waals surface area contributed by atoms with Crippen molar-refractivity contribution in [1.82, 2.24) is 5.32 Å². The predicted molar refractivity (Wildman–Crippen MR) is 76.2 cm³/mol. The van der Waals surface area contributed by atoms with Gasteiger partial charge in [-0.15, -0.1) is 0 Å². The number of rotatable bonds is 8. The Bertz CT molecular complexity index is 318. The van der Waals surface area contributed by atoms with Crippen LogP contribution in [0.1, 0.15) is 39.2 Å². The van der Waals surface area contributed by atoms with Crippen LogP contribution in [0.4, 0.5) is 4.39 Å². The van der Waals surface area contributed by atoms with Gasteiger partial charge in [0.15, 0.2) is 0 Å². The van der Waals surface area contributed by atoms with E-state index in [-0.39, 0.29) is 5.82 Å². The molecular formula is C16H26FN. The van der Waals surface area contributed by atoms with Gasteiger partial charge < -0.3 is 5.32 Å². The molecule has 1 unspecified atom stereocenters. The van der Waals surface area contributed by atoms with Gasteiger partial charge in [0.2, 0.25) is 0 Å². The summed E-state index contributed by atoms with van der Waals surface area (Å²) in [5.74, 6) is 1.29. The third kappa shape index (κ3) is 6.75. The van der Waals surface area contributed by atoms with E-state index >= 15 is 0 Å². The summed E-state index contributed by atoms with van der Waals surface area (Å²) in [6.07, 6.45) is 3.44. The van der Waals surface area contributed by atoms with E-state index in [2.05, 4.69) is 26.1 Å². The van der Waals surface area contributed by atoms with Gasteiger partial charge in [-0.25, -0.2) is 4.39 Å². The van der Waals surface area contributed by atoms with Crippen LogP contribution in [0.15, 0.2) is 24.3 Å². The molecule has 2 heteroatoms. The van der Waals surface area contributed by atoms with Gasteiger partial charge in [0.1, 0.15) is 5.82 Å². The highest BCUT2D eigenvalue weighted by atomic mass is 19.1. The van der Waals surface area contributed by atoms with E-state index in [1.807, 2.05) is 12.1 Å². The van der Waals surface area contributed by atoms with Gasteiger partial charge in [-0.2, -0.15) is 0 Å². The molecule has 0 fully saturated rings. The van der Waals surface area contributed by atoms with Gasteiger partial charge in [-0.05, 0) is 61.9 Å². The topological polar surface area (TPSA) is 12.0 Å². The summed E-state index contributed by atoms with van der Waals surface area (Å²) in [4.78, 5) is 0. The van der Waals surface area contributed by atoms with Crippen LogP contribution in [0.5, 0.6) is 0 Å². The normalized spacial score (nSPS) is 12.9. The zero-order chi connectivity index (χ0) is 13.4. The molecule has 1 rings (SSSR count). The van der Waals surface area contributed by atoms with Crippen molar-refractivity contribution < 1.29 is 4.39 Å². The van der Waals surface area contributed by atoms with Gasteiger partial charge in [0, 0.05) is 0 Å². The fourth-order valence-electron chi connectivity index (χ4n) is 1.95. The summed E-state index contributed by atoms with van der Waals surface area (Å²) in [5.41, 5.74) is 1.23. The molecule has 102 valence electrons. The number of hydrogen-bond acceptors (Lipinski definition) is 1. The van der Waals surface area contributed by atoms with Crippen molar-refractivity contribution in [1.29, 1.82) is 0 Å². The summed E-state index contributed by atoms with van der Waals surface area (Å²) in [7, 11) is 0. The van der Waals surface area contributed by atoms with Crippen molar-refractivity contribution in [2.45, 2.75) is 40.0 Å². The van der Waals surface area contributed by atoms with Crippen LogP contribution in [0.2, 0.25) is 0 Å². The molecule has 1 N–H and O–H groups in total. The Kier molecular flexibility index (Phi) is 6.96. The van der Waals surface area contributed by atoms with Crippen molar-refractivity contribution >= 4 is 0 Å². The molecule has 0 heterocycles. The van der Waals surface area contributed by atoms with E-state index in [1.54, 1.807) is 12.1 Å². The minimum absolute atomic E-state index is 0.148. The molecule has 0 spiro atoms. The molecule has 1 atom stereocenters. The minimum Gasteiger partial charge on any atom is -0.316 e. The van der Waals surface area contributed by atoms with Crippen LogP contribution < -0.4 is 5.32 Å². The molecule has 0 amide bonds. The second kappa shape index (κ2) is 8.25. The maximum Gasteiger partial charge on any atom is 0.123 e. The first-order chi connectivity index (χ1) is 8.58. The van der Waals surface area contributed by atoms with E-state index in [4.69, 9.17) is 0 Å². The highest BCUT2D eigenvalue weighted by Gasteiger charge is 2.03. The third-order valence-electron chi connectivity index (χ3n) is 3.21. The van der Waals surface area contributed by atoms with Crippen LogP contribution in [-0.4, -0.2) is 13.1 Å². The second-order valence-corrected chi connectivity index (χ2v) is 5.66. The number of aryl methyl sites for hydroxylation is 1. The zero-order valence-corrected chi connectivity index (χ0v) is 11.9. The highest BCUT2D eigenvalue weighted by Crippen LogP contribution is 2.12. The van der Waals surface area contributed by atoms with Crippen molar-refractivity contribution in [2.24, 2.45) is 11.8 Å². The standard InChI is InChI=1S/C16H26FN/c1-13(2)12-18-11-10-14(3)4-5-15-6-8-16(17)9-7-15/h6-9,13-14,18H,4-5,10-12H2,1-3H3. The molecule has 0 aliphatic heterocycles. The fourth-order valence-corrected chi connectivity index (χ4v) is 1.95. The Labute approximate surface area is 111 Å². The van der Waals surface area contributed by atoms with Gasteiger partial charge in [0.25, 0.3) is 0 Å². The summed E-state index contributed by atoms with van der Waals surface area (Å²) in [5, 5.41) is 3.47. The number of nitrogens with one attached hydrogen (secondary N) is 1. The lowest BCUT2D eigenvalue weighted by Crippen LogP contribution is -2.22. The van der Waals surface area contributed by atoms with Gasteiger partial charge in [-0.1, -0.05) is 32.9 Å². The highest BCUT2D eigenvalue weighted by molar-refractivity contribution is 5.16. The van der Waals surface area contributed by atoms with E-state index in [9.17, 15) is 4.39 Å². The van der Waals surface area contributed by atoms with Crippen LogP contribution >= 0.6 is 0 Å². The van der Waals surface area contributed by atoms with Gasteiger partial charge in [-0.3, -0.25) is 0 Å². The largest absolute Gasteiger partial charge is 0.316 e. The lowest BCUT2D eigenvalue weighted by Gasteiger charge is -2.13. The monoisotopic (exact) mass is 251 g/mol. The Morgan fingerprint density at radius 3 is 2.33 bits per heavy atom. The van der Waals surface area contributed by atoms with Crippen LogP contribution in [0.3, 0.4) is 0 Å². The maximum atomic E-state index is 12.7. The molecule has 1 aromatic carbocycles. The predicted octanol–water partition coefficient (Wildman–Crippen LogP) is 4.03. The van der Waals surface area contributed by atoms with Crippen molar-refractivity contribution in [3.8, 4) is 0 Å². The molecule has 0 aromatic heterocycles. The van der Waals surface area contributed by atoms with Crippen LogP contribution in [-0.2, 0) is 6.42 Å². The second-order valence-electron chi connectivity index (χ2n) is 5.66. The molecular weight excluding hydrogens is 225 g/mol. The average molecular weight is 251 g/mol. The number of benzene rings is 1. The minimum atomic E-state index is -0.148. The molecule has 1 aromatic rings. The maximum absolute atomic E-state index is 12.7. The summed E-state index contributed by atoms with van der Waals surface area (Å²) in [6.45, 7) is 8.95. The van der Waals surface area contributed by atoms with Crippen molar-refractivity contribution in [3.63, 3.8) is 0 Å². The summed E-state index contributed by atoms with van der Waals surface area (Å²) >= 11 is 0. The Hall–Kier alpha value is -0.890. The van der Waals surface area contributed by atoms with Crippen molar-refractivity contribution in [3.05, 3.63) is 35.6 Å². The Morgan fingerprint density at radius 1 is 1.06 bits per heavy atom. The Morgan fingerprint density at radius 2 is 1.72 bits per heavy atom. The van der Waals surface area contributed by atoms with E-state index in [0.717, 1.165) is 31.3 Å². The molecule has 0 saturated heterocycles. The van der Waals surface area contributed by atoms with E-state index in [1.165, 1.54) is 18.4 Å². The van der Waals surface area contributed by atoms with Crippen LogP contribution in [0.25, 0.3) is 0 Å². The lowest BCUT2D eigenvalue weighted by atomic mass is 9.98. The first-order valence-electron chi connectivity index (χ1n) is 7.03. The van der Waals surface area contributed by atoms with Crippen molar-refractivity contribution in [2.75, 3.05) is 13.1 Å². The van der Waals surface area contributed by atoms with Gasteiger partial charge in [0.05, 0.1) is 0 Å². The SMILES string of the molecule is CC(C)CNCCC(C)CCc1ccc(F)cc1. The smallest absolute Gasteiger partial charge is 0.123 e. The van der Waals surface area contributed by atoms with E-state index < -0.39 is 0 Å². The fraction of sp³-hybridized carbons (Fsp3) is 0.625. The average Bonchev–Trinajstić information content (AvgIpc) is 2.34.